The molecule has 0 bridgehead atoms. The second kappa shape index (κ2) is 6.00. The number of benzene rings is 2. The lowest BCUT2D eigenvalue weighted by Crippen LogP contribution is -2.58. The number of anilines is 1. The first-order valence-corrected chi connectivity index (χ1v) is 8.73. The van der Waals surface area contributed by atoms with E-state index in [2.05, 4.69) is 54.2 Å². The maximum atomic E-state index is 13.1. The van der Waals surface area contributed by atoms with Gasteiger partial charge < -0.3 is 10.2 Å². The Kier molecular flexibility index (Phi) is 4.19. The second-order valence-electron chi connectivity index (χ2n) is 6.18. The molecule has 0 aromatic heterocycles. The van der Waals surface area contributed by atoms with Crippen LogP contribution in [-0.4, -0.2) is 16.8 Å². The van der Waals surface area contributed by atoms with Gasteiger partial charge in [-0.3, -0.25) is 4.79 Å². The Morgan fingerprint density at radius 3 is 2.48 bits per heavy atom. The van der Waals surface area contributed by atoms with Gasteiger partial charge >= 0.3 is 0 Å². The fraction of sp³-hybridized carbons (Fsp3) is 0.316. The molecule has 1 heterocycles. The highest BCUT2D eigenvalue weighted by Gasteiger charge is 2.44. The predicted molar refractivity (Wildman–Crippen MR) is 97.5 cm³/mol. The van der Waals surface area contributed by atoms with Crippen molar-refractivity contribution in [1.29, 1.82) is 0 Å². The average Bonchev–Trinajstić information content (AvgIpc) is 2.55. The zero-order chi connectivity index (χ0) is 16.6. The highest BCUT2D eigenvalue weighted by molar-refractivity contribution is 9.10. The van der Waals surface area contributed by atoms with Crippen molar-refractivity contribution < 1.29 is 4.79 Å². The molecule has 120 valence electrons. The number of nitrogens with zero attached hydrogens (tertiary/aromatic N) is 1. The lowest BCUT2D eigenvalue weighted by Gasteiger charge is -2.49. The van der Waals surface area contributed by atoms with Crippen LogP contribution >= 0.6 is 15.9 Å². The first-order chi connectivity index (χ1) is 11.0. The lowest BCUT2D eigenvalue weighted by molar-refractivity contribution is 0.0400. The molecule has 2 aromatic carbocycles. The van der Waals surface area contributed by atoms with Gasteiger partial charge in [0.25, 0.3) is 5.91 Å². The summed E-state index contributed by atoms with van der Waals surface area (Å²) in [4.78, 5) is 15.1. The van der Waals surface area contributed by atoms with Gasteiger partial charge in [0.2, 0.25) is 0 Å². The van der Waals surface area contributed by atoms with Crippen LogP contribution in [0.4, 0.5) is 5.69 Å². The molecule has 0 spiro atoms. The first kappa shape index (κ1) is 16.1. The molecular formula is C19H21BrN2O. The van der Waals surface area contributed by atoms with E-state index in [1.165, 1.54) is 0 Å². The quantitative estimate of drug-likeness (QED) is 0.822. The van der Waals surface area contributed by atoms with Crippen LogP contribution in [0.2, 0.25) is 0 Å². The molecule has 2 atom stereocenters. The molecular weight excluding hydrogens is 352 g/mol. The van der Waals surface area contributed by atoms with E-state index in [-0.39, 0.29) is 11.9 Å². The van der Waals surface area contributed by atoms with Crippen molar-refractivity contribution in [2.45, 2.75) is 38.9 Å². The second-order valence-corrected chi connectivity index (χ2v) is 7.10. The first-order valence-electron chi connectivity index (χ1n) is 7.94. The minimum absolute atomic E-state index is 0.0825. The van der Waals surface area contributed by atoms with Crippen molar-refractivity contribution in [3.05, 3.63) is 64.1 Å². The van der Waals surface area contributed by atoms with Gasteiger partial charge in [-0.05, 0) is 50.1 Å². The Hall–Kier alpha value is -1.81. The van der Waals surface area contributed by atoms with Crippen molar-refractivity contribution >= 4 is 27.5 Å². The molecule has 4 heteroatoms. The molecule has 0 fully saturated rings. The third kappa shape index (κ3) is 2.65. The zero-order valence-corrected chi connectivity index (χ0v) is 15.2. The molecule has 2 aromatic rings. The molecule has 0 radical (unpaired) electrons. The summed E-state index contributed by atoms with van der Waals surface area (Å²) in [5.74, 6) is 0.0825. The number of rotatable bonds is 3. The number of fused-ring (bicyclic) bond motifs is 1. The normalized spacial score (nSPS) is 21.6. The summed E-state index contributed by atoms with van der Waals surface area (Å²) in [7, 11) is 0. The predicted octanol–water partition coefficient (Wildman–Crippen LogP) is 4.99. The molecule has 1 aliphatic heterocycles. The SMILES string of the molecule is CCC(C)N1C(=O)c2ccccc2NC1(C)c1ccc(Br)cc1. The number of halogens is 1. The maximum absolute atomic E-state index is 13.1. The highest BCUT2D eigenvalue weighted by atomic mass is 79.9. The van der Waals surface area contributed by atoms with Gasteiger partial charge in [0, 0.05) is 16.2 Å². The van der Waals surface area contributed by atoms with E-state index in [4.69, 9.17) is 0 Å². The molecule has 0 aliphatic carbocycles. The van der Waals surface area contributed by atoms with E-state index in [0.717, 1.165) is 27.7 Å². The van der Waals surface area contributed by atoms with Crippen molar-refractivity contribution in [3.8, 4) is 0 Å². The lowest BCUT2D eigenvalue weighted by atomic mass is 9.91. The van der Waals surface area contributed by atoms with Gasteiger partial charge in [-0.1, -0.05) is 47.1 Å². The summed E-state index contributed by atoms with van der Waals surface area (Å²) >= 11 is 3.48. The Balaban J connectivity index is 2.16. The van der Waals surface area contributed by atoms with Crippen molar-refractivity contribution in [1.82, 2.24) is 4.90 Å². The number of carbonyl (C=O) groups excluding carboxylic acids is 1. The third-order valence-electron chi connectivity index (χ3n) is 4.67. The number of amides is 1. The molecule has 1 N–H and O–H groups in total. The summed E-state index contributed by atoms with van der Waals surface area (Å²) in [5.41, 5.74) is 2.13. The van der Waals surface area contributed by atoms with E-state index >= 15 is 0 Å². The summed E-state index contributed by atoms with van der Waals surface area (Å²) in [6.07, 6.45) is 0.904. The van der Waals surface area contributed by atoms with E-state index in [1.54, 1.807) is 0 Å². The Morgan fingerprint density at radius 2 is 1.83 bits per heavy atom. The summed E-state index contributed by atoms with van der Waals surface area (Å²) in [6, 6.07) is 16.0. The molecule has 0 saturated heterocycles. The van der Waals surface area contributed by atoms with Gasteiger partial charge in [0.05, 0.1) is 5.56 Å². The number of carbonyl (C=O) groups is 1. The summed E-state index contributed by atoms with van der Waals surface area (Å²) < 4.78 is 1.03. The largest absolute Gasteiger partial charge is 0.358 e. The van der Waals surface area contributed by atoms with Crippen LogP contribution in [0, 0.1) is 0 Å². The van der Waals surface area contributed by atoms with Crippen LogP contribution in [-0.2, 0) is 5.66 Å². The molecule has 3 rings (SSSR count). The number of para-hydroxylation sites is 1. The maximum Gasteiger partial charge on any atom is 0.258 e. The molecule has 3 nitrogen and oxygen atoms in total. The Morgan fingerprint density at radius 1 is 1.17 bits per heavy atom. The van der Waals surface area contributed by atoms with Gasteiger partial charge in [-0.2, -0.15) is 0 Å². The monoisotopic (exact) mass is 372 g/mol. The minimum Gasteiger partial charge on any atom is -0.358 e. The molecule has 23 heavy (non-hydrogen) atoms. The van der Waals surface area contributed by atoms with Gasteiger partial charge in [0.1, 0.15) is 5.66 Å². The third-order valence-corrected chi connectivity index (χ3v) is 5.20. The van der Waals surface area contributed by atoms with E-state index in [9.17, 15) is 4.79 Å². The topological polar surface area (TPSA) is 32.3 Å². The fourth-order valence-electron chi connectivity index (χ4n) is 3.24. The average molecular weight is 373 g/mol. The van der Waals surface area contributed by atoms with Crippen LogP contribution in [0.25, 0.3) is 0 Å². The van der Waals surface area contributed by atoms with Gasteiger partial charge in [0.15, 0.2) is 0 Å². The smallest absolute Gasteiger partial charge is 0.258 e. The minimum atomic E-state index is -0.568. The van der Waals surface area contributed by atoms with E-state index in [1.807, 2.05) is 41.3 Å². The Bertz CT molecular complexity index is 728. The van der Waals surface area contributed by atoms with Crippen molar-refractivity contribution in [3.63, 3.8) is 0 Å². The van der Waals surface area contributed by atoms with E-state index < -0.39 is 5.66 Å². The number of hydrogen-bond acceptors (Lipinski definition) is 2. The number of nitrogens with one attached hydrogen (secondary N) is 1. The van der Waals surface area contributed by atoms with Crippen molar-refractivity contribution in [2.75, 3.05) is 5.32 Å². The Labute approximate surface area is 145 Å². The van der Waals surface area contributed by atoms with Crippen LogP contribution in [0.1, 0.15) is 43.1 Å². The van der Waals surface area contributed by atoms with E-state index in [0.29, 0.717) is 0 Å². The van der Waals surface area contributed by atoms with Gasteiger partial charge in [-0.25, -0.2) is 0 Å². The van der Waals surface area contributed by atoms with Gasteiger partial charge in [-0.15, -0.1) is 0 Å². The molecule has 1 aliphatic rings. The number of hydrogen-bond donors (Lipinski definition) is 1. The molecule has 2 unspecified atom stereocenters. The molecule has 0 saturated carbocycles. The standard InChI is InChI=1S/C19H21BrN2O/c1-4-13(2)22-18(23)16-7-5-6-8-17(16)21-19(22,3)14-9-11-15(20)12-10-14/h5-13,21H,4H2,1-3H3. The van der Waals surface area contributed by atoms with Crippen LogP contribution in [0.5, 0.6) is 0 Å². The zero-order valence-electron chi connectivity index (χ0n) is 13.6. The van der Waals surface area contributed by atoms with Crippen LogP contribution in [0.3, 0.4) is 0 Å². The molecule has 1 amide bonds. The van der Waals surface area contributed by atoms with Crippen molar-refractivity contribution in [2.24, 2.45) is 0 Å². The summed E-state index contributed by atoms with van der Waals surface area (Å²) in [5, 5.41) is 3.59. The summed E-state index contributed by atoms with van der Waals surface area (Å²) in [6.45, 7) is 6.29. The highest BCUT2D eigenvalue weighted by Crippen LogP contribution is 2.39. The fourth-order valence-corrected chi connectivity index (χ4v) is 3.51. The van der Waals surface area contributed by atoms with Crippen LogP contribution in [0.15, 0.2) is 53.0 Å². The van der Waals surface area contributed by atoms with Crippen LogP contribution < -0.4 is 5.32 Å².